The van der Waals surface area contributed by atoms with Crippen molar-refractivity contribution in [1.82, 2.24) is 4.31 Å². The molecule has 0 radical (unpaired) electrons. The van der Waals surface area contributed by atoms with Crippen molar-refractivity contribution < 1.29 is 12.8 Å². The van der Waals surface area contributed by atoms with E-state index in [0.29, 0.717) is 18.0 Å². The predicted molar refractivity (Wildman–Crippen MR) is 100 cm³/mol. The second kappa shape index (κ2) is 7.17. The Hall–Kier alpha value is -1.24. The number of furan rings is 1. The molecule has 25 heavy (non-hydrogen) atoms. The second-order valence-corrected chi connectivity index (χ2v) is 9.95. The van der Waals surface area contributed by atoms with Crippen LogP contribution in [0.5, 0.6) is 0 Å². The molecule has 1 aromatic carbocycles. The van der Waals surface area contributed by atoms with Gasteiger partial charge in [-0.2, -0.15) is 4.31 Å². The Balaban J connectivity index is 1.54. The topological polar surface area (TPSA) is 50.5 Å². The molecule has 4 nitrogen and oxygen atoms in total. The Kier molecular flexibility index (Phi) is 4.93. The molecule has 1 saturated heterocycles. The summed E-state index contributed by atoms with van der Waals surface area (Å²) in [5, 5.41) is 0.235. The summed E-state index contributed by atoms with van der Waals surface area (Å²) >= 11 is 1.78. The lowest BCUT2D eigenvalue weighted by atomic mass is 9.92. The molecule has 0 unspecified atom stereocenters. The summed E-state index contributed by atoms with van der Waals surface area (Å²) in [6.45, 7) is 1.10. The zero-order valence-corrected chi connectivity index (χ0v) is 15.8. The molecule has 1 aliphatic heterocycles. The van der Waals surface area contributed by atoms with Gasteiger partial charge in [-0.25, -0.2) is 8.42 Å². The van der Waals surface area contributed by atoms with E-state index in [-0.39, 0.29) is 5.25 Å². The fourth-order valence-electron chi connectivity index (χ4n) is 3.71. The average Bonchev–Trinajstić information content (AvgIpc) is 3.05. The van der Waals surface area contributed by atoms with Crippen molar-refractivity contribution in [2.75, 3.05) is 18.8 Å². The molecule has 0 spiro atoms. The number of benzene rings is 1. The van der Waals surface area contributed by atoms with Crippen LogP contribution in [0.25, 0.3) is 0 Å². The van der Waals surface area contributed by atoms with Crippen molar-refractivity contribution in [3.8, 4) is 0 Å². The highest BCUT2D eigenvalue weighted by Crippen LogP contribution is 2.36. The number of nitrogens with zero attached hydrogens (tertiary/aromatic N) is 1. The van der Waals surface area contributed by atoms with Gasteiger partial charge in [0.2, 0.25) is 10.0 Å². The maximum Gasteiger partial charge on any atom is 0.243 e. The first-order valence-corrected chi connectivity index (χ1v) is 11.4. The summed E-state index contributed by atoms with van der Waals surface area (Å²) in [5.41, 5.74) is 2.53. The summed E-state index contributed by atoms with van der Waals surface area (Å²) in [6.07, 6.45) is 6.89. The molecule has 2 aromatic rings. The fraction of sp³-hybridized carbons (Fsp3) is 0.474. The van der Waals surface area contributed by atoms with Crippen LogP contribution in [0.4, 0.5) is 0 Å². The van der Waals surface area contributed by atoms with Gasteiger partial charge in [0, 0.05) is 18.8 Å². The molecule has 4 rings (SSSR count). The molecule has 0 amide bonds. The van der Waals surface area contributed by atoms with Crippen LogP contribution in [0.15, 0.2) is 45.9 Å². The third kappa shape index (κ3) is 3.52. The summed E-state index contributed by atoms with van der Waals surface area (Å²) in [7, 11) is -3.42. The van der Waals surface area contributed by atoms with E-state index in [1.54, 1.807) is 28.4 Å². The molecule has 1 aromatic heterocycles. The van der Waals surface area contributed by atoms with Crippen molar-refractivity contribution in [1.29, 1.82) is 0 Å². The lowest BCUT2D eigenvalue weighted by Gasteiger charge is -2.22. The molecule has 6 heteroatoms. The molecule has 0 bridgehead atoms. The Labute approximate surface area is 153 Å². The van der Waals surface area contributed by atoms with E-state index >= 15 is 0 Å². The van der Waals surface area contributed by atoms with Crippen LogP contribution in [0.3, 0.4) is 0 Å². The monoisotopic (exact) mass is 377 g/mol. The van der Waals surface area contributed by atoms with Gasteiger partial charge in [0.1, 0.15) is 5.76 Å². The molecule has 2 heterocycles. The number of fused-ring (bicyclic) bond motifs is 1. The van der Waals surface area contributed by atoms with Gasteiger partial charge in [-0.3, -0.25) is 0 Å². The first-order chi connectivity index (χ1) is 12.1. The number of sulfonamides is 1. The normalized spacial score (nSPS) is 22.3. The van der Waals surface area contributed by atoms with Gasteiger partial charge in [0.05, 0.1) is 16.4 Å². The van der Waals surface area contributed by atoms with Crippen LogP contribution in [-0.2, 0) is 22.9 Å². The number of rotatable bonds is 3. The SMILES string of the molecule is O=S(=O)(c1ccc2c(c1)CCCC2)N1CCS[C@@H](c2ccco2)CC1. The van der Waals surface area contributed by atoms with E-state index in [9.17, 15) is 8.42 Å². The highest BCUT2D eigenvalue weighted by Gasteiger charge is 2.29. The van der Waals surface area contributed by atoms with Crippen molar-refractivity contribution in [2.45, 2.75) is 42.2 Å². The molecule has 0 N–H and O–H groups in total. The highest BCUT2D eigenvalue weighted by atomic mass is 32.2. The minimum Gasteiger partial charge on any atom is -0.468 e. The van der Waals surface area contributed by atoms with Crippen molar-refractivity contribution in [2.24, 2.45) is 0 Å². The standard InChI is InChI=1S/C19H23NO3S2/c21-25(22,17-8-7-15-4-1-2-5-16(15)14-17)20-10-9-19(24-13-11-20)18-6-3-12-23-18/h3,6-8,12,14,19H,1-2,4-5,9-11,13H2/t19-/m1/s1. The Bertz CT molecular complexity index is 830. The van der Waals surface area contributed by atoms with Crippen LogP contribution in [0.2, 0.25) is 0 Å². The molecule has 1 aliphatic carbocycles. The van der Waals surface area contributed by atoms with Gasteiger partial charge in [0.25, 0.3) is 0 Å². The van der Waals surface area contributed by atoms with E-state index in [2.05, 4.69) is 0 Å². The van der Waals surface area contributed by atoms with E-state index in [1.165, 1.54) is 17.5 Å². The third-order valence-corrected chi connectivity index (χ3v) is 8.30. The zero-order valence-electron chi connectivity index (χ0n) is 14.2. The first kappa shape index (κ1) is 17.2. The van der Waals surface area contributed by atoms with Crippen LogP contribution in [-0.4, -0.2) is 31.6 Å². The lowest BCUT2D eigenvalue weighted by Crippen LogP contribution is -2.33. The van der Waals surface area contributed by atoms with Gasteiger partial charge < -0.3 is 4.42 Å². The highest BCUT2D eigenvalue weighted by molar-refractivity contribution is 7.99. The summed E-state index contributed by atoms with van der Waals surface area (Å²) in [5.74, 6) is 1.73. The maximum absolute atomic E-state index is 13.1. The van der Waals surface area contributed by atoms with Crippen molar-refractivity contribution in [3.63, 3.8) is 0 Å². The minimum absolute atomic E-state index is 0.235. The molecule has 1 fully saturated rings. The van der Waals surface area contributed by atoms with Crippen molar-refractivity contribution in [3.05, 3.63) is 53.5 Å². The Morgan fingerprint density at radius 3 is 2.72 bits per heavy atom. The van der Waals surface area contributed by atoms with Crippen LogP contribution < -0.4 is 0 Å². The molecular weight excluding hydrogens is 354 g/mol. The second-order valence-electron chi connectivity index (χ2n) is 6.71. The number of hydrogen-bond donors (Lipinski definition) is 0. The Morgan fingerprint density at radius 2 is 1.92 bits per heavy atom. The van der Waals surface area contributed by atoms with Gasteiger partial charge in [-0.05, 0) is 67.5 Å². The smallest absolute Gasteiger partial charge is 0.243 e. The molecule has 0 saturated carbocycles. The molecular formula is C19H23NO3S2. The van der Waals surface area contributed by atoms with Gasteiger partial charge in [-0.1, -0.05) is 6.07 Å². The largest absolute Gasteiger partial charge is 0.468 e. The van der Waals surface area contributed by atoms with E-state index in [4.69, 9.17) is 4.42 Å². The molecule has 2 aliphatic rings. The van der Waals surface area contributed by atoms with Gasteiger partial charge in [0.15, 0.2) is 0 Å². The maximum atomic E-state index is 13.1. The van der Waals surface area contributed by atoms with Gasteiger partial charge in [-0.15, -0.1) is 11.8 Å². The van der Waals surface area contributed by atoms with Crippen LogP contribution in [0, 0.1) is 0 Å². The first-order valence-electron chi connectivity index (χ1n) is 8.91. The zero-order chi connectivity index (χ0) is 17.3. The van der Waals surface area contributed by atoms with Crippen molar-refractivity contribution >= 4 is 21.8 Å². The number of thioether (sulfide) groups is 1. The molecule has 134 valence electrons. The third-order valence-electron chi connectivity index (χ3n) is 5.12. The summed E-state index contributed by atoms with van der Waals surface area (Å²) < 4.78 is 33.4. The summed E-state index contributed by atoms with van der Waals surface area (Å²) in [4.78, 5) is 0.453. The molecule has 1 atom stereocenters. The van der Waals surface area contributed by atoms with Crippen LogP contribution in [0.1, 0.15) is 41.4 Å². The van der Waals surface area contributed by atoms with E-state index in [0.717, 1.165) is 37.2 Å². The van der Waals surface area contributed by atoms with Crippen LogP contribution >= 0.6 is 11.8 Å². The van der Waals surface area contributed by atoms with Gasteiger partial charge >= 0.3 is 0 Å². The lowest BCUT2D eigenvalue weighted by molar-refractivity contribution is 0.417. The summed E-state index contributed by atoms with van der Waals surface area (Å²) in [6, 6.07) is 9.58. The van der Waals surface area contributed by atoms with E-state index < -0.39 is 10.0 Å². The quantitative estimate of drug-likeness (QED) is 0.810. The number of aryl methyl sites for hydroxylation is 2. The minimum atomic E-state index is -3.42. The van der Waals surface area contributed by atoms with E-state index in [1.807, 2.05) is 24.3 Å². The number of hydrogen-bond acceptors (Lipinski definition) is 4. The average molecular weight is 378 g/mol. The fourth-order valence-corrected chi connectivity index (χ4v) is 6.51. The predicted octanol–water partition coefficient (Wildman–Crippen LogP) is 4.03. The Morgan fingerprint density at radius 1 is 1.08 bits per heavy atom.